The van der Waals surface area contributed by atoms with Crippen LogP contribution in [0.4, 0.5) is 10.5 Å². The van der Waals surface area contributed by atoms with E-state index < -0.39 is 0 Å². The number of hydrogen-bond acceptors (Lipinski definition) is 4. The average molecular weight is 358 g/mol. The lowest BCUT2D eigenvalue weighted by atomic mass is 10.1. The fourth-order valence-electron chi connectivity index (χ4n) is 2.94. The first-order valence-corrected chi connectivity index (χ1v) is 8.51. The molecule has 4 rings (SSSR count). The number of hydrogen-bond donors (Lipinski definition) is 2. The first-order chi connectivity index (χ1) is 13.2. The Balaban J connectivity index is 1.44. The number of rotatable bonds is 4. The highest BCUT2D eigenvalue weighted by Crippen LogP contribution is 2.21. The van der Waals surface area contributed by atoms with Crippen LogP contribution >= 0.6 is 0 Å². The lowest BCUT2D eigenvalue weighted by molar-refractivity contribution is 0.252. The number of nitrogens with one attached hydrogen (secondary N) is 2. The third-order valence-electron chi connectivity index (χ3n) is 4.25. The maximum atomic E-state index is 12.3. The molecule has 0 bridgehead atoms. The number of fused-ring (bicyclic) bond motifs is 1. The van der Waals surface area contributed by atoms with Gasteiger partial charge in [-0.2, -0.15) is 5.10 Å². The van der Waals surface area contributed by atoms with Gasteiger partial charge in [-0.05, 0) is 29.8 Å². The number of aryl methyl sites for hydroxylation is 1. The summed E-state index contributed by atoms with van der Waals surface area (Å²) in [6.07, 6.45) is 6.97. The van der Waals surface area contributed by atoms with E-state index in [0.717, 1.165) is 27.7 Å². The fraction of sp³-hybridized carbons (Fsp3) is 0.100. The third-order valence-corrected chi connectivity index (χ3v) is 4.25. The number of amides is 2. The van der Waals surface area contributed by atoms with Gasteiger partial charge in [0.25, 0.3) is 0 Å². The summed E-state index contributed by atoms with van der Waals surface area (Å²) in [6.45, 7) is 0.364. The number of anilines is 1. The van der Waals surface area contributed by atoms with Crippen LogP contribution in [0.25, 0.3) is 22.2 Å². The van der Waals surface area contributed by atoms with Crippen molar-refractivity contribution < 1.29 is 4.79 Å². The predicted octanol–water partition coefficient (Wildman–Crippen LogP) is 3.35. The van der Waals surface area contributed by atoms with E-state index in [0.29, 0.717) is 12.2 Å². The lowest BCUT2D eigenvalue weighted by Crippen LogP contribution is -2.28. The molecular formula is C20H18N6O. The number of benzene rings is 1. The van der Waals surface area contributed by atoms with Gasteiger partial charge in [0.1, 0.15) is 0 Å². The molecule has 7 heteroatoms. The third kappa shape index (κ3) is 3.62. The molecule has 0 spiro atoms. The van der Waals surface area contributed by atoms with Crippen LogP contribution in [-0.2, 0) is 13.6 Å². The SMILES string of the molecule is Cn1nccc1-c1cncc(CNC(=O)Nc2cccc3cccnc23)c1. The summed E-state index contributed by atoms with van der Waals surface area (Å²) in [4.78, 5) is 20.9. The summed E-state index contributed by atoms with van der Waals surface area (Å²) < 4.78 is 1.79. The first kappa shape index (κ1) is 16.7. The maximum Gasteiger partial charge on any atom is 0.319 e. The summed E-state index contributed by atoms with van der Waals surface area (Å²) in [5.74, 6) is 0. The molecule has 134 valence electrons. The summed E-state index contributed by atoms with van der Waals surface area (Å²) >= 11 is 0. The number of carbonyl (C=O) groups excluding carboxylic acids is 1. The van der Waals surface area contributed by atoms with Gasteiger partial charge in [-0.3, -0.25) is 14.6 Å². The van der Waals surface area contributed by atoms with E-state index >= 15 is 0 Å². The van der Waals surface area contributed by atoms with Gasteiger partial charge in [-0.1, -0.05) is 18.2 Å². The minimum atomic E-state index is -0.293. The number of nitrogens with zero attached hydrogens (tertiary/aromatic N) is 4. The summed E-state index contributed by atoms with van der Waals surface area (Å²) in [6, 6.07) is 13.1. The molecule has 27 heavy (non-hydrogen) atoms. The molecule has 2 N–H and O–H groups in total. The second kappa shape index (κ2) is 7.25. The van der Waals surface area contributed by atoms with E-state index in [1.807, 2.05) is 49.5 Å². The fourth-order valence-corrected chi connectivity index (χ4v) is 2.94. The van der Waals surface area contributed by atoms with Crippen molar-refractivity contribution in [3.8, 4) is 11.3 Å². The molecule has 0 aliphatic heterocycles. The van der Waals surface area contributed by atoms with Gasteiger partial charge in [0, 0.05) is 49.3 Å². The van der Waals surface area contributed by atoms with Gasteiger partial charge in [0.05, 0.1) is 16.9 Å². The Morgan fingerprint density at radius 2 is 2.00 bits per heavy atom. The Morgan fingerprint density at radius 3 is 2.85 bits per heavy atom. The topological polar surface area (TPSA) is 84.7 Å². The van der Waals surface area contributed by atoms with Gasteiger partial charge in [0.15, 0.2) is 0 Å². The van der Waals surface area contributed by atoms with Crippen LogP contribution in [0.5, 0.6) is 0 Å². The van der Waals surface area contributed by atoms with Gasteiger partial charge >= 0.3 is 6.03 Å². The summed E-state index contributed by atoms with van der Waals surface area (Å²) in [5.41, 5.74) is 4.26. The highest BCUT2D eigenvalue weighted by Gasteiger charge is 2.08. The molecule has 0 saturated heterocycles. The zero-order chi connectivity index (χ0) is 18.6. The van der Waals surface area contributed by atoms with E-state index in [1.54, 1.807) is 29.5 Å². The van der Waals surface area contributed by atoms with Crippen molar-refractivity contribution in [2.45, 2.75) is 6.54 Å². The lowest BCUT2D eigenvalue weighted by Gasteiger charge is -2.10. The van der Waals surface area contributed by atoms with Crippen molar-refractivity contribution >= 4 is 22.6 Å². The van der Waals surface area contributed by atoms with Crippen molar-refractivity contribution in [1.29, 1.82) is 0 Å². The van der Waals surface area contributed by atoms with Gasteiger partial charge in [-0.15, -0.1) is 0 Å². The van der Waals surface area contributed by atoms with E-state index in [9.17, 15) is 4.79 Å². The standard InChI is InChI=1S/C20H18N6O/c1-26-18(7-9-24-26)16-10-14(11-21-13-16)12-23-20(27)25-17-6-2-4-15-5-3-8-22-19(15)17/h2-11,13H,12H2,1H3,(H2,23,25,27). The van der Waals surface area contributed by atoms with E-state index in [1.165, 1.54) is 0 Å². The molecule has 2 amide bonds. The Labute approximate surface area is 156 Å². The highest BCUT2D eigenvalue weighted by atomic mass is 16.2. The summed E-state index contributed by atoms with van der Waals surface area (Å²) in [7, 11) is 1.88. The molecule has 3 heterocycles. The molecule has 0 saturated carbocycles. The van der Waals surface area contributed by atoms with Gasteiger partial charge in [0.2, 0.25) is 0 Å². The quantitative estimate of drug-likeness (QED) is 0.586. The van der Waals surface area contributed by atoms with E-state index in [4.69, 9.17) is 0 Å². The molecule has 0 fully saturated rings. The average Bonchev–Trinajstić information content (AvgIpc) is 3.13. The van der Waals surface area contributed by atoms with Crippen molar-refractivity contribution in [3.05, 3.63) is 72.8 Å². The number of para-hydroxylation sites is 1. The summed E-state index contributed by atoms with van der Waals surface area (Å²) in [5, 5.41) is 10.9. The molecule has 0 aliphatic carbocycles. The van der Waals surface area contributed by atoms with Crippen molar-refractivity contribution in [1.82, 2.24) is 25.1 Å². The van der Waals surface area contributed by atoms with Crippen molar-refractivity contribution in [2.24, 2.45) is 7.05 Å². The van der Waals surface area contributed by atoms with Gasteiger partial charge in [-0.25, -0.2) is 4.79 Å². The second-order valence-corrected chi connectivity index (χ2v) is 6.11. The maximum absolute atomic E-state index is 12.3. The molecule has 7 nitrogen and oxygen atoms in total. The van der Waals surface area contributed by atoms with Crippen LogP contribution in [0.15, 0.2) is 67.3 Å². The number of carbonyl (C=O) groups is 1. The number of pyridine rings is 2. The molecule has 0 radical (unpaired) electrons. The number of aromatic nitrogens is 4. The van der Waals surface area contributed by atoms with Crippen LogP contribution in [0.3, 0.4) is 0 Å². The van der Waals surface area contributed by atoms with Crippen LogP contribution in [0.1, 0.15) is 5.56 Å². The molecule has 3 aromatic heterocycles. The minimum absolute atomic E-state index is 0.293. The first-order valence-electron chi connectivity index (χ1n) is 8.51. The Kier molecular flexibility index (Phi) is 4.49. The van der Waals surface area contributed by atoms with Crippen molar-refractivity contribution in [3.63, 3.8) is 0 Å². The highest BCUT2D eigenvalue weighted by molar-refractivity contribution is 5.99. The Bertz CT molecular complexity index is 1100. The zero-order valence-electron chi connectivity index (χ0n) is 14.8. The van der Waals surface area contributed by atoms with E-state index in [-0.39, 0.29) is 6.03 Å². The monoisotopic (exact) mass is 358 g/mol. The van der Waals surface area contributed by atoms with Crippen molar-refractivity contribution in [2.75, 3.05) is 5.32 Å². The molecule has 4 aromatic rings. The predicted molar refractivity (Wildman–Crippen MR) is 104 cm³/mol. The van der Waals surface area contributed by atoms with Crippen LogP contribution in [0.2, 0.25) is 0 Å². The molecule has 1 aromatic carbocycles. The zero-order valence-corrected chi connectivity index (χ0v) is 14.8. The smallest absolute Gasteiger partial charge is 0.319 e. The van der Waals surface area contributed by atoms with E-state index in [2.05, 4.69) is 25.7 Å². The molecular weight excluding hydrogens is 340 g/mol. The Hall–Kier alpha value is -3.74. The van der Waals surface area contributed by atoms with Crippen LogP contribution in [0, 0.1) is 0 Å². The largest absolute Gasteiger partial charge is 0.334 e. The normalized spacial score (nSPS) is 10.7. The molecule has 0 aliphatic rings. The molecule has 0 atom stereocenters. The number of urea groups is 1. The Morgan fingerprint density at radius 1 is 1.11 bits per heavy atom. The van der Waals surface area contributed by atoms with Gasteiger partial charge < -0.3 is 10.6 Å². The minimum Gasteiger partial charge on any atom is -0.334 e. The van der Waals surface area contributed by atoms with Crippen LogP contribution in [-0.4, -0.2) is 25.8 Å². The molecule has 0 unspecified atom stereocenters. The van der Waals surface area contributed by atoms with Crippen LogP contribution < -0.4 is 10.6 Å². The second-order valence-electron chi connectivity index (χ2n) is 6.11.